The Morgan fingerprint density at radius 2 is 2.00 bits per heavy atom. The zero-order valence-corrected chi connectivity index (χ0v) is 13.4. The Labute approximate surface area is 131 Å². The predicted octanol–water partition coefficient (Wildman–Crippen LogP) is 4.23. The summed E-state index contributed by atoms with van der Waals surface area (Å²) < 4.78 is 5.30. The summed E-state index contributed by atoms with van der Waals surface area (Å²) in [5, 5.41) is 4.11. The lowest BCUT2D eigenvalue weighted by Gasteiger charge is -2.23. The Morgan fingerprint density at radius 3 is 2.71 bits per heavy atom. The first-order valence-electron chi connectivity index (χ1n) is 7.02. The van der Waals surface area contributed by atoms with Gasteiger partial charge in [-0.25, -0.2) is 0 Å². The number of nitrogens with zero attached hydrogens (tertiary/aromatic N) is 1. The van der Waals surface area contributed by atoms with Crippen molar-refractivity contribution in [3.63, 3.8) is 0 Å². The van der Waals surface area contributed by atoms with Crippen molar-refractivity contribution in [2.24, 2.45) is 0 Å². The lowest BCUT2D eigenvalue weighted by atomic mass is 10.1. The highest BCUT2D eigenvalue weighted by atomic mass is 35.5. The largest absolute Gasteiger partial charge is 0.497 e. The third-order valence-electron chi connectivity index (χ3n) is 3.41. The summed E-state index contributed by atoms with van der Waals surface area (Å²) in [5.41, 5.74) is 3.39. The highest BCUT2D eigenvalue weighted by Crippen LogP contribution is 2.31. The number of rotatable bonds is 6. The molecule has 0 aliphatic carbocycles. The van der Waals surface area contributed by atoms with Crippen molar-refractivity contribution in [1.29, 1.82) is 0 Å². The third kappa shape index (κ3) is 3.90. The molecule has 3 nitrogen and oxygen atoms in total. The average Bonchev–Trinajstić information content (AvgIpc) is 2.52. The molecule has 2 rings (SSSR count). The Hall–Kier alpha value is -1.71. The van der Waals surface area contributed by atoms with E-state index in [-0.39, 0.29) is 0 Å². The topological polar surface area (TPSA) is 24.5 Å². The van der Waals surface area contributed by atoms with Gasteiger partial charge in [0.15, 0.2) is 0 Å². The van der Waals surface area contributed by atoms with E-state index in [0.29, 0.717) is 0 Å². The van der Waals surface area contributed by atoms with Crippen LogP contribution in [0.5, 0.6) is 5.75 Å². The van der Waals surface area contributed by atoms with Gasteiger partial charge < -0.3 is 15.0 Å². The molecule has 0 atom stereocenters. The average molecular weight is 305 g/mol. The molecular weight excluding hydrogens is 284 g/mol. The van der Waals surface area contributed by atoms with Crippen molar-refractivity contribution < 1.29 is 4.74 Å². The molecule has 2 aromatic carbocycles. The van der Waals surface area contributed by atoms with Crippen LogP contribution in [0.2, 0.25) is 5.02 Å². The number of hydrogen-bond donors (Lipinski definition) is 1. The van der Waals surface area contributed by atoms with Crippen LogP contribution in [0.3, 0.4) is 0 Å². The Kier molecular flexibility index (Phi) is 5.48. The first kappa shape index (κ1) is 15.7. The number of methoxy groups -OCH3 is 1. The maximum absolute atomic E-state index is 6.13. The molecule has 0 aliphatic heterocycles. The van der Waals surface area contributed by atoms with Crippen LogP contribution in [0.4, 0.5) is 11.4 Å². The zero-order chi connectivity index (χ0) is 15.2. The smallest absolute Gasteiger partial charge is 0.120 e. The van der Waals surface area contributed by atoms with Crippen molar-refractivity contribution in [3.05, 3.63) is 53.1 Å². The summed E-state index contributed by atoms with van der Waals surface area (Å²) in [6.07, 6.45) is 0. The Balaban J connectivity index is 2.34. The summed E-state index contributed by atoms with van der Waals surface area (Å²) in [6, 6.07) is 14.0. The van der Waals surface area contributed by atoms with Crippen molar-refractivity contribution in [2.75, 3.05) is 25.6 Å². The second kappa shape index (κ2) is 7.34. The van der Waals surface area contributed by atoms with E-state index in [0.717, 1.165) is 35.2 Å². The standard InChI is InChI=1S/C17H21ClN2O/c1-4-19-12-13-10-14(18)8-9-17(13)20(2)15-6-5-7-16(11-15)21-3/h5-11,19H,4,12H2,1-3H3. The van der Waals surface area contributed by atoms with Crippen molar-refractivity contribution in [2.45, 2.75) is 13.5 Å². The molecule has 0 radical (unpaired) electrons. The lowest BCUT2D eigenvalue weighted by molar-refractivity contribution is 0.415. The van der Waals surface area contributed by atoms with E-state index in [2.05, 4.69) is 29.3 Å². The van der Waals surface area contributed by atoms with Crippen LogP contribution < -0.4 is 15.0 Å². The van der Waals surface area contributed by atoms with Crippen LogP contribution in [0.25, 0.3) is 0 Å². The number of ether oxygens (including phenoxy) is 1. The van der Waals surface area contributed by atoms with Crippen molar-refractivity contribution in [3.8, 4) is 5.75 Å². The molecule has 2 aromatic rings. The molecule has 4 heteroatoms. The van der Waals surface area contributed by atoms with Gasteiger partial charge in [-0.05, 0) is 42.4 Å². The maximum atomic E-state index is 6.13. The van der Waals surface area contributed by atoms with Gasteiger partial charge in [-0.1, -0.05) is 24.6 Å². The summed E-state index contributed by atoms with van der Waals surface area (Å²) >= 11 is 6.13. The van der Waals surface area contributed by atoms with Crippen molar-refractivity contribution in [1.82, 2.24) is 5.32 Å². The fourth-order valence-electron chi connectivity index (χ4n) is 2.24. The van der Waals surface area contributed by atoms with Gasteiger partial charge in [-0.2, -0.15) is 0 Å². The van der Waals surface area contributed by atoms with E-state index in [1.54, 1.807) is 7.11 Å². The van der Waals surface area contributed by atoms with E-state index >= 15 is 0 Å². The molecule has 0 bridgehead atoms. The minimum atomic E-state index is 0.755. The second-order valence-corrected chi connectivity index (χ2v) is 5.25. The molecule has 0 spiro atoms. The van der Waals surface area contributed by atoms with Crippen LogP contribution in [0.15, 0.2) is 42.5 Å². The molecular formula is C17H21ClN2O. The molecule has 21 heavy (non-hydrogen) atoms. The summed E-state index contributed by atoms with van der Waals surface area (Å²) in [7, 11) is 3.73. The first-order chi connectivity index (χ1) is 10.2. The monoisotopic (exact) mass is 304 g/mol. The molecule has 0 saturated carbocycles. The van der Waals surface area contributed by atoms with Crippen LogP contribution in [-0.2, 0) is 6.54 Å². The van der Waals surface area contributed by atoms with Gasteiger partial charge >= 0.3 is 0 Å². The third-order valence-corrected chi connectivity index (χ3v) is 3.64. The Bertz CT molecular complexity index is 601. The molecule has 112 valence electrons. The normalized spacial score (nSPS) is 10.5. The van der Waals surface area contributed by atoms with Gasteiger partial charge in [0.1, 0.15) is 5.75 Å². The number of halogens is 1. The maximum Gasteiger partial charge on any atom is 0.120 e. The van der Waals surface area contributed by atoms with Crippen LogP contribution in [-0.4, -0.2) is 20.7 Å². The molecule has 0 aliphatic rings. The van der Waals surface area contributed by atoms with Crippen LogP contribution in [0.1, 0.15) is 12.5 Å². The molecule has 0 amide bonds. The molecule has 0 aromatic heterocycles. The summed E-state index contributed by atoms with van der Waals surface area (Å²) in [5.74, 6) is 0.849. The van der Waals surface area contributed by atoms with Gasteiger partial charge in [0.05, 0.1) is 7.11 Å². The molecule has 0 fully saturated rings. The first-order valence-corrected chi connectivity index (χ1v) is 7.40. The van der Waals surface area contributed by atoms with Gasteiger partial charge in [0, 0.05) is 36.1 Å². The molecule has 0 saturated heterocycles. The van der Waals surface area contributed by atoms with Gasteiger partial charge in [-0.15, -0.1) is 0 Å². The van der Waals surface area contributed by atoms with E-state index in [9.17, 15) is 0 Å². The Morgan fingerprint density at radius 1 is 1.19 bits per heavy atom. The zero-order valence-electron chi connectivity index (χ0n) is 12.7. The minimum absolute atomic E-state index is 0.755. The van der Waals surface area contributed by atoms with E-state index in [4.69, 9.17) is 16.3 Å². The van der Waals surface area contributed by atoms with E-state index in [1.807, 2.05) is 37.4 Å². The van der Waals surface area contributed by atoms with Crippen LogP contribution >= 0.6 is 11.6 Å². The summed E-state index contributed by atoms with van der Waals surface area (Å²) in [6.45, 7) is 3.81. The van der Waals surface area contributed by atoms with Crippen LogP contribution in [0, 0.1) is 0 Å². The van der Waals surface area contributed by atoms with E-state index < -0.39 is 0 Å². The highest BCUT2D eigenvalue weighted by molar-refractivity contribution is 6.30. The minimum Gasteiger partial charge on any atom is -0.497 e. The molecule has 1 N–H and O–H groups in total. The highest BCUT2D eigenvalue weighted by Gasteiger charge is 2.10. The number of benzene rings is 2. The predicted molar refractivity (Wildman–Crippen MR) is 89.9 cm³/mol. The summed E-state index contributed by atoms with van der Waals surface area (Å²) in [4.78, 5) is 2.14. The number of anilines is 2. The van der Waals surface area contributed by atoms with Gasteiger partial charge in [0.25, 0.3) is 0 Å². The van der Waals surface area contributed by atoms with E-state index in [1.165, 1.54) is 5.56 Å². The fourth-order valence-corrected chi connectivity index (χ4v) is 2.44. The second-order valence-electron chi connectivity index (χ2n) is 4.81. The molecule has 0 unspecified atom stereocenters. The number of nitrogens with one attached hydrogen (secondary N) is 1. The fraction of sp³-hybridized carbons (Fsp3) is 0.294. The number of hydrogen-bond acceptors (Lipinski definition) is 3. The lowest BCUT2D eigenvalue weighted by Crippen LogP contribution is -2.17. The van der Waals surface area contributed by atoms with Crippen molar-refractivity contribution >= 4 is 23.0 Å². The van der Waals surface area contributed by atoms with Gasteiger partial charge in [-0.3, -0.25) is 0 Å². The SMILES string of the molecule is CCNCc1cc(Cl)ccc1N(C)c1cccc(OC)c1. The quantitative estimate of drug-likeness (QED) is 0.864. The van der Waals surface area contributed by atoms with Gasteiger partial charge in [0.2, 0.25) is 0 Å². The molecule has 0 heterocycles.